The van der Waals surface area contributed by atoms with Crippen LogP contribution in [-0.4, -0.2) is 17.1 Å². The maximum atomic E-state index is 12.5. The lowest BCUT2D eigenvalue weighted by Crippen LogP contribution is -2.12. The van der Waals surface area contributed by atoms with Gasteiger partial charge in [-0.15, -0.1) is 0 Å². The number of hydrogen-bond acceptors (Lipinski definition) is 4. The summed E-state index contributed by atoms with van der Waals surface area (Å²) >= 11 is 0. The van der Waals surface area contributed by atoms with E-state index in [0.717, 1.165) is 22.2 Å². The molecule has 4 aromatic carbocycles. The van der Waals surface area contributed by atoms with Gasteiger partial charge < -0.3 is 20.8 Å². The van der Waals surface area contributed by atoms with Crippen molar-refractivity contribution >= 4 is 39.0 Å². The highest BCUT2D eigenvalue weighted by Gasteiger charge is 2.13. The fourth-order valence-corrected chi connectivity index (χ4v) is 4.15. The lowest BCUT2D eigenvalue weighted by atomic mass is 10.0. The van der Waals surface area contributed by atoms with Gasteiger partial charge in [0.05, 0.1) is 12.1 Å². The van der Waals surface area contributed by atoms with Gasteiger partial charge in [-0.1, -0.05) is 54.6 Å². The summed E-state index contributed by atoms with van der Waals surface area (Å²) in [7, 11) is 0. The molecule has 32 heavy (non-hydrogen) atoms. The van der Waals surface area contributed by atoms with Crippen LogP contribution in [0.15, 0.2) is 91.0 Å². The largest absolute Gasteiger partial charge is 0.460 e. The summed E-state index contributed by atoms with van der Waals surface area (Å²) in [5.41, 5.74) is 16.1. The molecule has 0 radical (unpaired) electrons. The van der Waals surface area contributed by atoms with Gasteiger partial charge in [-0.2, -0.15) is 0 Å². The Balaban J connectivity index is 1.44. The average molecular weight is 422 g/mol. The Morgan fingerprint density at radius 2 is 1.44 bits per heavy atom. The van der Waals surface area contributed by atoms with Gasteiger partial charge in [-0.05, 0) is 52.7 Å². The predicted molar refractivity (Wildman–Crippen MR) is 130 cm³/mol. The summed E-state index contributed by atoms with van der Waals surface area (Å²) in [5.74, 6) is -0.437. The van der Waals surface area contributed by atoms with Gasteiger partial charge in [-0.3, -0.25) is 0 Å². The standard InChI is InChI=1S/C27H23N3O2/c28-23-14-22(15-24(29)17-23)27(31)32-12-11-30-25-8-4-3-7-20(25)16-26(30)21-10-9-18-5-1-2-6-19(18)13-21/h1-10,13-17H,11-12,28-29H2. The second-order valence-corrected chi connectivity index (χ2v) is 7.83. The molecule has 4 N–H and O–H groups in total. The molecule has 5 heteroatoms. The van der Waals surface area contributed by atoms with Crippen molar-refractivity contribution in [1.82, 2.24) is 4.57 Å². The monoisotopic (exact) mass is 421 g/mol. The first-order valence-corrected chi connectivity index (χ1v) is 10.5. The van der Waals surface area contributed by atoms with Crippen LogP contribution in [0.5, 0.6) is 0 Å². The second-order valence-electron chi connectivity index (χ2n) is 7.83. The zero-order chi connectivity index (χ0) is 22.1. The number of ether oxygens (including phenoxy) is 1. The van der Waals surface area contributed by atoms with Crippen LogP contribution in [-0.2, 0) is 11.3 Å². The summed E-state index contributed by atoms with van der Waals surface area (Å²) in [4.78, 5) is 12.5. The van der Waals surface area contributed by atoms with E-state index in [-0.39, 0.29) is 6.61 Å². The van der Waals surface area contributed by atoms with Crippen LogP contribution < -0.4 is 11.5 Å². The Bertz CT molecular complexity index is 1430. The van der Waals surface area contributed by atoms with Crippen LogP contribution in [0.3, 0.4) is 0 Å². The molecule has 0 saturated heterocycles. The molecule has 1 heterocycles. The highest BCUT2D eigenvalue weighted by molar-refractivity contribution is 5.92. The predicted octanol–water partition coefficient (Wildman–Crippen LogP) is 5.48. The van der Waals surface area contributed by atoms with E-state index in [2.05, 4.69) is 53.1 Å². The average Bonchev–Trinajstić information content (AvgIpc) is 3.16. The van der Waals surface area contributed by atoms with Gasteiger partial charge in [0.25, 0.3) is 0 Å². The van der Waals surface area contributed by atoms with Crippen LogP contribution in [0.25, 0.3) is 32.9 Å². The molecule has 5 nitrogen and oxygen atoms in total. The number of para-hydroxylation sites is 1. The molecule has 0 aliphatic carbocycles. The molecule has 5 aromatic rings. The molecule has 0 fully saturated rings. The Labute approximate surface area is 185 Å². The SMILES string of the molecule is Nc1cc(N)cc(C(=O)OCCn2c(-c3ccc4ccccc4c3)cc3ccccc32)c1. The molecule has 0 atom stereocenters. The van der Waals surface area contributed by atoms with E-state index < -0.39 is 5.97 Å². The summed E-state index contributed by atoms with van der Waals surface area (Å²) in [5, 5.41) is 3.53. The third-order valence-corrected chi connectivity index (χ3v) is 5.62. The number of fused-ring (bicyclic) bond motifs is 2. The van der Waals surface area contributed by atoms with E-state index in [0.29, 0.717) is 23.5 Å². The van der Waals surface area contributed by atoms with E-state index in [1.165, 1.54) is 10.8 Å². The summed E-state index contributed by atoms with van der Waals surface area (Å²) in [6.07, 6.45) is 0. The van der Waals surface area contributed by atoms with Crippen molar-refractivity contribution in [1.29, 1.82) is 0 Å². The van der Waals surface area contributed by atoms with Gasteiger partial charge in [0, 0.05) is 28.0 Å². The van der Waals surface area contributed by atoms with Crippen molar-refractivity contribution < 1.29 is 9.53 Å². The first kappa shape index (κ1) is 19.7. The van der Waals surface area contributed by atoms with Gasteiger partial charge >= 0.3 is 5.97 Å². The normalized spacial score (nSPS) is 11.1. The molecule has 1 aromatic heterocycles. The third-order valence-electron chi connectivity index (χ3n) is 5.62. The highest BCUT2D eigenvalue weighted by atomic mass is 16.5. The minimum Gasteiger partial charge on any atom is -0.460 e. The third kappa shape index (κ3) is 3.76. The van der Waals surface area contributed by atoms with Crippen LogP contribution >= 0.6 is 0 Å². The molecule has 0 aliphatic heterocycles. The Morgan fingerprint density at radius 1 is 0.750 bits per heavy atom. The van der Waals surface area contributed by atoms with Gasteiger partial charge in [-0.25, -0.2) is 4.79 Å². The van der Waals surface area contributed by atoms with Crippen molar-refractivity contribution in [3.05, 3.63) is 96.6 Å². The number of anilines is 2. The van der Waals surface area contributed by atoms with Crippen molar-refractivity contribution in [2.45, 2.75) is 6.54 Å². The highest BCUT2D eigenvalue weighted by Crippen LogP contribution is 2.30. The summed E-state index contributed by atoms with van der Waals surface area (Å²) < 4.78 is 7.75. The molecule has 0 spiro atoms. The first-order chi connectivity index (χ1) is 15.6. The number of nitrogen functional groups attached to an aromatic ring is 2. The Hall–Kier alpha value is -4.25. The fraction of sp³-hybridized carbons (Fsp3) is 0.0741. The summed E-state index contributed by atoms with van der Waals surface area (Å²) in [6, 6.07) is 29.9. The van der Waals surface area contributed by atoms with E-state index in [9.17, 15) is 4.79 Å². The Kier molecular flexibility index (Phi) is 5.00. The van der Waals surface area contributed by atoms with E-state index in [4.69, 9.17) is 16.2 Å². The second kappa shape index (κ2) is 8.12. The van der Waals surface area contributed by atoms with Crippen LogP contribution in [0.2, 0.25) is 0 Å². The fourth-order valence-electron chi connectivity index (χ4n) is 4.15. The maximum absolute atomic E-state index is 12.5. The van der Waals surface area contributed by atoms with Crippen LogP contribution in [0, 0.1) is 0 Å². The molecule has 0 aliphatic rings. The molecule has 0 unspecified atom stereocenters. The molecule has 0 amide bonds. The minimum atomic E-state index is -0.437. The molecular formula is C27H23N3O2. The van der Waals surface area contributed by atoms with Crippen LogP contribution in [0.1, 0.15) is 10.4 Å². The smallest absolute Gasteiger partial charge is 0.338 e. The lowest BCUT2D eigenvalue weighted by Gasteiger charge is -2.13. The Morgan fingerprint density at radius 3 is 2.22 bits per heavy atom. The van der Waals surface area contributed by atoms with E-state index >= 15 is 0 Å². The topological polar surface area (TPSA) is 83.3 Å². The van der Waals surface area contributed by atoms with Crippen molar-refractivity contribution in [3.63, 3.8) is 0 Å². The van der Waals surface area contributed by atoms with Crippen molar-refractivity contribution in [2.75, 3.05) is 18.1 Å². The molecular weight excluding hydrogens is 398 g/mol. The van der Waals surface area contributed by atoms with Crippen molar-refractivity contribution in [3.8, 4) is 11.3 Å². The first-order valence-electron chi connectivity index (χ1n) is 10.5. The number of benzene rings is 4. The maximum Gasteiger partial charge on any atom is 0.338 e. The summed E-state index contributed by atoms with van der Waals surface area (Å²) in [6.45, 7) is 0.756. The van der Waals surface area contributed by atoms with E-state index in [1.54, 1.807) is 18.2 Å². The molecule has 158 valence electrons. The zero-order valence-corrected chi connectivity index (χ0v) is 17.5. The number of carbonyl (C=O) groups is 1. The lowest BCUT2D eigenvalue weighted by molar-refractivity contribution is 0.0493. The minimum absolute atomic E-state index is 0.229. The number of aromatic nitrogens is 1. The van der Waals surface area contributed by atoms with Gasteiger partial charge in [0.15, 0.2) is 0 Å². The number of nitrogens with zero attached hydrogens (tertiary/aromatic N) is 1. The molecule has 5 rings (SSSR count). The number of nitrogens with two attached hydrogens (primary N) is 2. The van der Waals surface area contributed by atoms with Crippen LogP contribution in [0.4, 0.5) is 11.4 Å². The molecule has 0 bridgehead atoms. The number of carbonyl (C=O) groups excluding carboxylic acids is 1. The number of rotatable bonds is 5. The van der Waals surface area contributed by atoms with Crippen molar-refractivity contribution in [2.24, 2.45) is 0 Å². The quantitative estimate of drug-likeness (QED) is 0.291. The zero-order valence-electron chi connectivity index (χ0n) is 17.5. The van der Waals surface area contributed by atoms with Gasteiger partial charge in [0.2, 0.25) is 0 Å². The van der Waals surface area contributed by atoms with E-state index in [1.807, 2.05) is 24.3 Å². The number of esters is 1. The number of hydrogen-bond donors (Lipinski definition) is 2. The van der Waals surface area contributed by atoms with Gasteiger partial charge in [0.1, 0.15) is 6.61 Å². The molecule has 0 saturated carbocycles.